The normalized spacial score (nSPS) is 31.6. The highest BCUT2D eigenvalue weighted by Gasteiger charge is 2.45. The summed E-state index contributed by atoms with van der Waals surface area (Å²) in [5.41, 5.74) is 0. The number of hydrogen-bond donors (Lipinski definition) is 2. The van der Waals surface area contributed by atoms with Crippen LogP contribution in [0.15, 0.2) is 0 Å². The van der Waals surface area contributed by atoms with Crippen LogP contribution in [0.5, 0.6) is 0 Å². The fourth-order valence-electron chi connectivity index (χ4n) is 3.46. The molecule has 0 aliphatic heterocycles. The molecule has 0 aromatic carbocycles. The maximum atomic E-state index is 11.6. The van der Waals surface area contributed by atoms with E-state index >= 15 is 0 Å². The first kappa shape index (κ1) is 16.7. The van der Waals surface area contributed by atoms with Crippen molar-refractivity contribution in [1.82, 2.24) is 0 Å². The minimum atomic E-state index is -0.943. The van der Waals surface area contributed by atoms with Crippen LogP contribution < -0.4 is 0 Å². The van der Waals surface area contributed by atoms with Gasteiger partial charge in [0.05, 0.1) is 11.8 Å². The third-order valence-electron chi connectivity index (χ3n) is 4.76. The molecule has 0 aromatic rings. The van der Waals surface area contributed by atoms with Gasteiger partial charge in [0.25, 0.3) is 0 Å². The second-order valence-electron chi connectivity index (χ2n) is 6.11. The molecule has 0 unspecified atom stereocenters. The summed E-state index contributed by atoms with van der Waals surface area (Å²) in [6, 6.07) is 0. The van der Waals surface area contributed by atoms with E-state index in [4.69, 9.17) is 5.11 Å². The maximum absolute atomic E-state index is 11.6. The number of hydrogen-bond acceptors (Lipinski definition) is 3. The van der Waals surface area contributed by atoms with Crippen molar-refractivity contribution in [2.24, 2.45) is 29.6 Å². The average molecular weight is 284 g/mol. The van der Waals surface area contributed by atoms with Gasteiger partial charge in [-0.15, -0.1) is 0 Å². The van der Waals surface area contributed by atoms with Gasteiger partial charge in [-0.25, -0.2) is 0 Å². The van der Waals surface area contributed by atoms with Gasteiger partial charge in [-0.05, 0) is 37.5 Å². The first-order valence-corrected chi connectivity index (χ1v) is 7.20. The van der Waals surface area contributed by atoms with Crippen molar-refractivity contribution < 1.29 is 24.6 Å². The highest BCUT2D eigenvalue weighted by atomic mass is 16.4. The van der Waals surface area contributed by atoms with E-state index in [1.54, 1.807) is 6.92 Å². The second kappa shape index (κ2) is 6.86. The molecule has 0 heterocycles. The zero-order chi connectivity index (χ0) is 15.4. The molecule has 0 spiro atoms. The van der Waals surface area contributed by atoms with E-state index in [-0.39, 0.29) is 23.5 Å². The van der Waals surface area contributed by atoms with Crippen molar-refractivity contribution in [3.63, 3.8) is 0 Å². The molecule has 0 saturated heterocycles. The van der Waals surface area contributed by atoms with Gasteiger partial charge in [-0.2, -0.15) is 0 Å². The lowest BCUT2D eigenvalue weighted by molar-refractivity contribution is -0.155. The molecular formula is C15H24O5. The topological polar surface area (TPSA) is 91.7 Å². The molecule has 1 rings (SSSR count). The predicted molar refractivity (Wildman–Crippen MR) is 73.2 cm³/mol. The predicted octanol–water partition coefficient (Wildman–Crippen LogP) is 2.44. The van der Waals surface area contributed by atoms with Gasteiger partial charge >= 0.3 is 11.9 Å². The summed E-state index contributed by atoms with van der Waals surface area (Å²) in [6.45, 7) is 5.09. The van der Waals surface area contributed by atoms with Crippen LogP contribution in [0.25, 0.3) is 0 Å². The number of carbonyl (C=O) groups is 3. The Morgan fingerprint density at radius 2 is 1.80 bits per heavy atom. The highest BCUT2D eigenvalue weighted by Crippen LogP contribution is 2.44. The number of ketones is 1. The van der Waals surface area contributed by atoms with Gasteiger partial charge in [0.2, 0.25) is 0 Å². The van der Waals surface area contributed by atoms with Crippen molar-refractivity contribution in [3.8, 4) is 0 Å². The van der Waals surface area contributed by atoms with Crippen LogP contribution >= 0.6 is 0 Å². The lowest BCUT2D eigenvalue weighted by Gasteiger charge is -2.41. The van der Waals surface area contributed by atoms with E-state index in [2.05, 4.69) is 0 Å². The Morgan fingerprint density at radius 1 is 1.20 bits per heavy atom. The minimum Gasteiger partial charge on any atom is -0.481 e. The summed E-state index contributed by atoms with van der Waals surface area (Å²) < 4.78 is 0. The van der Waals surface area contributed by atoms with Crippen LogP contribution in [0.3, 0.4) is 0 Å². The summed E-state index contributed by atoms with van der Waals surface area (Å²) in [4.78, 5) is 33.9. The Kier molecular flexibility index (Phi) is 5.72. The summed E-state index contributed by atoms with van der Waals surface area (Å²) in [5.74, 6) is -3.39. The molecule has 1 saturated carbocycles. The van der Waals surface area contributed by atoms with Crippen LogP contribution in [-0.2, 0) is 14.4 Å². The number of carboxylic acids is 2. The molecule has 20 heavy (non-hydrogen) atoms. The Morgan fingerprint density at radius 3 is 2.25 bits per heavy atom. The second-order valence-corrected chi connectivity index (χ2v) is 6.11. The summed E-state index contributed by atoms with van der Waals surface area (Å²) in [5, 5.41) is 18.7. The Balaban J connectivity index is 2.95. The quantitative estimate of drug-likeness (QED) is 0.781. The summed E-state index contributed by atoms with van der Waals surface area (Å²) in [7, 11) is 0. The van der Waals surface area contributed by atoms with Gasteiger partial charge in [0.15, 0.2) is 0 Å². The minimum absolute atomic E-state index is 0.0507. The number of rotatable bonds is 6. The van der Waals surface area contributed by atoms with Crippen LogP contribution in [-0.4, -0.2) is 27.9 Å². The number of carboxylic acid groups (broad SMARTS) is 2. The Labute approximate surface area is 119 Å². The molecule has 1 aliphatic carbocycles. The van der Waals surface area contributed by atoms with Gasteiger partial charge in [0, 0.05) is 6.42 Å². The van der Waals surface area contributed by atoms with Crippen molar-refractivity contribution in [1.29, 1.82) is 0 Å². The van der Waals surface area contributed by atoms with Crippen molar-refractivity contribution in [2.45, 2.75) is 46.5 Å². The fourth-order valence-corrected chi connectivity index (χ4v) is 3.46. The third-order valence-corrected chi connectivity index (χ3v) is 4.76. The Hall–Kier alpha value is -1.39. The van der Waals surface area contributed by atoms with Crippen molar-refractivity contribution >= 4 is 17.7 Å². The fraction of sp³-hybridized carbons (Fsp3) is 0.800. The number of carbonyl (C=O) groups excluding carboxylic acids is 1. The van der Waals surface area contributed by atoms with Crippen LogP contribution in [0, 0.1) is 29.6 Å². The van der Waals surface area contributed by atoms with Gasteiger partial charge in [0.1, 0.15) is 5.78 Å². The SMILES string of the molecule is CC(=O)CC[C@@H]1[C@H](C(=O)O)[C@H]([C@@H](C)C(=O)O)CC[C@H]1C. The lowest BCUT2D eigenvalue weighted by atomic mass is 9.62. The molecule has 0 bridgehead atoms. The largest absolute Gasteiger partial charge is 0.481 e. The first-order valence-electron chi connectivity index (χ1n) is 7.20. The Bertz CT molecular complexity index is 390. The third kappa shape index (κ3) is 3.81. The molecular weight excluding hydrogens is 260 g/mol. The average Bonchev–Trinajstić information content (AvgIpc) is 2.35. The smallest absolute Gasteiger partial charge is 0.307 e. The van der Waals surface area contributed by atoms with Crippen LogP contribution in [0.1, 0.15) is 46.5 Å². The zero-order valence-corrected chi connectivity index (χ0v) is 12.3. The van der Waals surface area contributed by atoms with Crippen molar-refractivity contribution in [3.05, 3.63) is 0 Å². The van der Waals surface area contributed by atoms with Gasteiger partial charge < -0.3 is 15.0 Å². The molecule has 114 valence electrons. The van der Waals surface area contributed by atoms with E-state index in [1.165, 1.54) is 6.92 Å². The lowest BCUT2D eigenvalue weighted by Crippen LogP contribution is -2.43. The van der Waals surface area contributed by atoms with E-state index in [1.807, 2.05) is 6.92 Å². The van der Waals surface area contributed by atoms with Gasteiger partial charge in [-0.1, -0.05) is 20.3 Å². The summed E-state index contributed by atoms with van der Waals surface area (Å²) in [6.07, 6.45) is 2.36. The zero-order valence-electron chi connectivity index (χ0n) is 12.3. The standard InChI is InChI=1S/C15H24O5/c1-8-4-6-12(10(3)14(17)18)13(15(19)20)11(8)7-5-9(2)16/h8,10-13H,4-7H2,1-3H3,(H,17,18)(H,19,20)/t8-,10-,11+,12+,13+/m1/s1. The van der Waals surface area contributed by atoms with E-state index in [0.29, 0.717) is 19.3 Å². The molecule has 1 fully saturated rings. The molecule has 2 N–H and O–H groups in total. The van der Waals surface area contributed by atoms with E-state index in [0.717, 1.165) is 6.42 Å². The summed E-state index contributed by atoms with van der Waals surface area (Å²) >= 11 is 0. The van der Waals surface area contributed by atoms with Crippen LogP contribution in [0.2, 0.25) is 0 Å². The highest BCUT2D eigenvalue weighted by molar-refractivity contribution is 5.76. The maximum Gasteiger partial charge on any atom is 0.307 e. The first-order chi connectivity index (χ1) is 9.25. The van der Waals surface area contributed by atoms with Gasteiger partial charge in [-0.3, -0.25) is 9.59 Å². The molecule has 0 amide bonds. The molecule has 0 aromatic heterocycles. The molecule has 1 aliphatic rings. The molecule has 0 radical (unpaired) electrons. The molecule has 5 heteroatoms. The molecule has 5 nitrogen and oxygen atoms in total. The monoisotopic (exact) mass is 284 g/mol. The van der Waals surface area contributed by atoms with Crippen LogP contribution in [0.4, 0.5) is 0 Å². The number of aliphatic carboxylic acids is 2. The van der Waals surface area contributed by atoms with Crippen molar-refractivity contribution in [2.75, 3.05) is 0 Å². The molecule has 5 atom stereocenters. The van der Waals surface area contributed by atoms with E-state index < -0.39 is 23.8 Å². The van der Waals surface area contributed by atoms with E-state index in [9.17, 15) is 19.5 Å². The number of Topliss-reactive ketones (excluding diaryl/α,β-unsaturated/α-hetero) is 1.